The summed E-state index contributed by atoms with van der Waals surface area (Å²) in [5.74, 6) is 0. The SMILES string of the molecule is CN(C)c1cccc(NC(=O)NCC(F)(F)F)c1. The van der Waals surface area contributed by atoms with Crippen molar-refractivity contribution in [2.24, 2.45) is 0 Å². The van der Waals surface area contributed by atoms with Crippen molar-refractivity contribution in [1.29, 1.82) is 0 Å². The Labute approximate surface area is 103 Å². The zero-order chi connectivity index (χ0) is 13.8. The lowest BCUT2D eigenvalue weighted by Crippen LogP contribution is -2.36. The number of carbonyl (C=O) groups is 1. The summed E-state index contributed by atoms with van der Waals surface area (Å²) >= 11 is 0. The Morgan fingerprint density at radius 3 is 2.56 bits per heavy atom. The van der Waals surface area contributed by atoms with Gasteiger partial charge in [0.15, 0.2) is 0 Å². The maximum absolute atomic E-state index is 11.9. The Bertz CT molecular complexity index is 418. The Hall–Kier alpha value is -1.92. The van der Waals surface area contributed by atoms with Crippen molar-refractivity contribution in [1.82, 2.24) is 5.32 Å². The molecular formula is C11H14F3N3O. The van der Waals surface area contributed by atoms with Gasteiger partial charge >= 0.3 is 12.2 Å². The molecule has 0 aromatic heterocycles. The number of urea groups is 1. The first-order chi connectivity index (χ1) is 8.28. The third-order valence-electron chi connectivity index (χ3n) is 2.07. The summed E-state index contributed by atoms with van der Waals surface area (Å²) < 4.78 is 35.6. The molecule has 2 N–H and O–H groups in total. The summed E-state index contributed by atoms with van der Waals surface area (Å²) in [7, 11) is 3.64. The number of halogens is 3. The fourth-order valence-electron chi connectivity index (χ4n) is 1.22. The molecule has 0 fully saturated rings. The predicted octanol–water partition coefficient (Wildman–Crippen LogP) is 2.44. The standard InChI is InChI=1S/C11H14F3N3O/c1-17(2)9-5-3-4-8(6-9)16-10(18)15-7-11(12,13)14/h3-6H,7H2,1-2H3,(H2,15,16,18). The number of carbonyl (C=O) groups excluding carboxylic acids is 1. The van der Waals surface area contributed by atoms with E-state index in [4.69, 9.17) is 0 Å². The van der Waals surface area contributed by atoms with Crippen LogP contribution in [0.5, 0.6) is 0 Å². The van der Waals surface area contributed by atoms with Gasteiger partial charge in [0.25, 0.3) is 0 Å². The number of nitrogens with one attached hydrogen (secondary N) is 2. The number of rotatable bonds is 3. The van der Waals surface area contributed by atoms with Gasteiger partial charge in [-0.3, -0.25) is 0 Å². The van der Waals surface area contributed by atoms with E-state index in [1.165, 1.54) is 0 Å². The summed E-state index contributed by atoms with van der Waals surface area (Å²) in [6.07, 6.45) is -4.41. The average Bonchev–Trinajstić information content (AvgIpc) is 2.26. The minimum atomic E-state index is -4.41. The third kappa shape index (κ3) is 4.94. The molecular weight excluding hydrogens is 247 g/mol. The zero-order valence-electron chi connectivity index (χ0n) is 10.0. The molecule has 0 radical (unpaired) electrons. The van der Waals surface area contributed by atoms with Crippen molar-refractivity contribution in [2.45, 2.75) is 6.18 Å². The highest BCUT2D eigenvalue weighted by molar-refractivity contribution is 5.89. The van der Waals surface area contributed by atoms with E-state index in [9.17, 15) is 18.0 Å². The minimum Gasteiger partial charge on any atom is -0.378 e. The zero-order valence-corrected chi connectivity index (χ0v) is 10.0. The Kier molecular flexibility index (Phi) is 4.41. The van der Waals surface area contributed by atoms with Crippen molar-refractivity contribution in [3.05, 3.63) is 24.3 Å². The molecule has 100 valence electrons. The number of benzene rings is 1. The summed E-state index contributed by atoms with van der Waals surface area (Å²) in [4.78, 5) is 13.0. The summed E-state index contributed by atoms with van der Waals surface area (Å²) in [6.45, 7) is -1.35. The van der Waals surface area contributed by atoms with Gasteiger partial charge in [-0.25, -0.2) is 4.79 Å². The molecule has 0 saturated carbocycles. The van der Waals surface area contributed by atoms with Crippen molar-refractivity contribution < 1.29 is 18.0 Å². The highest BCUT2D eigenvalue weighted by atomic mass is 19.4. The number of hydrogen-bond acceptors (Lipinski definition) is 2. The lowest BCUT2D eigenvalue weighted by atomic mass is 10.2. The topological polar surface area (TPSA) is 44.4 Å². The molecule has 1 aromatic carbocycles. The number of alkyl halides is 3. The van der Waals surface area contributed by atoms with Crippen LogP contribution in [-0.2, 0) is 0 Å². The molecule has 0 aliphatic heterocycles. The van der Waals surface area contributed by atoms with E-state index in [0.717, 1.165) is 5.69 Å². The van der Waals surface area contributed by atoms with Gasteiger partial charge in [0.05, 0.1) is 0 Å². The minimum absolute atomic E-state index is 0.431. The quantitative estimate of drug-likeness (QED) is 0.877. The van der Waals surface area contributed by atoms with Crippen LogP contribution < -0.4 is 15.5 Å². The molecule has 1 rings (SSSR count). The molecule has 1 aromatic rings. The molecule has 2 amide bonds. The van der Waals surface area contributed by atoms with E-state index in [1.54, 1.807) is 23.5 Å². The van der Waals surface area contributed by atoms with E-state index in [0.29, 0.717) is 5.69 Å². The van der Waals surface area contributed by atoms with Gasteiger partial charge in [0.1, 0.15) is 6.54 Å². The molecule has 0 spiro atoms. The van der Waals surface area contributed by atoms with Gasteiger partial charge in [-0.15, -0.1) is 0 Å². The van der Waals surface area contributed by atoms with Crippen LogP contribution in [0, 0.1) is 0 Å². The van der Waals surface area contributed by atoms with Crippen molar-refractivity contribution >= 4 is 17.4 Å². The first kappa shape index (κ1) is 14.1. The fourth-order valence-corrected chi connectivity index (χ4v) is 1.22. The molecule has 0 heterocycles. The van der Waals surface area contributed by atoms with Crippen molar-refractivity contribution in [2.75, 3.05) is 30.9 Å². The number of amides is 2. The van der Waals surface area contributed by atoms with Gasteiger partial charge in [-0.2, -0.15) is 13.2 Å². The maximum atomic E-state index is 11.9. The Balaban J connectivity index is 2.57. The summed E-state index contributed by atoms with van der Waals surface area (Å²) in [5.41, 5.74) is 1.27. The van der Waals surface area contributed by atoms with Crippen LogP contribution in [0.3, 0.4) is 0 Å². The molecule has 0 saturated heterocycles. The van der Waals surface area contributed by atoms with E-state index < -0.39 is 18.8 Å². The Morgan fingerprint density at radius 2 is 2.00 bits per heavy atom. The molecule has 0 atom stereocenters. The highest BCUT2D eigenvalue weighted by Crippen LogP contribution is 2.17. The first-order valence-electron chi connectivity index (χ1n) is 5.17. The largest absolute Gasteiger partial charge is 0.405 e. The van der Waals surface area contributed by atoms with Crippen LogP contribution in [0.25, 0.3) is 0 Å². The van der Waals surface area contributed by atoms with Crippen LogP contribution in [-0.4, -0.2) is 32.8 Å². The number of nitrogens with zero attached hydrogens (tertiary/aromatic N) is 1. The number of hydrogen-bond donors (Lipinski definition) is 2. The molecule has 7 heteroatoms. The van der Waals surface area contributed by atoms with Gasteiger partial charge in [0, 0.05) is 25.5 Å². The van der Waals surface area contributed by atoms with Gasteiger partial charge in [-0.05, 0) is 18.2 Å². The van der Waals surface area contributed by atoms with Crippen LogP contribution in [0.4, 0.5) is 29.3 Å². The van der Waals surface area contributed by atoms with E-state index in [2.05, 4.69) is 5.32 Å². The maximum Gasteiger partial charge on any atom is 0.405 e. The second-order valence-corrected chi connectivity index (χ2v) is 3.87. The first-order valence-corrected chi connectivity index (χ1v) is 5.17. The molecule has 0 unspecified atom stereocenters. The molecule has 4 nitrogen and oxygen atoms in total. The predicted molar refractivity (Wildman–Crippen MR) is 63.8 cm³/mol. The fraction of sp³-hybridized carbons (Fsp3) is 0.364. The lowest BCUT2D eigenvalue weighted by molar-refractivity contribution is -0.122. The van der Waals surface area contributed by atoms with Crippen LogP contribution in [0.2, 0.25) is 0 Å². The third-order valence-corrected chi connectivity index (χ3v) is 2.07. The average molecular weight is 261 g/mol. The summed E-state index contributed by atoms with van der Waals surface area (Å²) in [6, 6.07) is 5.89. The summed E-state index contributed by atoms with van der Waals surface area (Å²) in [5, 5.41) is 4.06. The normalized spacial score (nSPS) is 10.9. The smallest absolute Gasteiger partial charge is 0.378 e. The second kappa shape index (κ2) is 5.61. The molecule has 0 aliphatic rings. The van der Waals surface area contributed by atoms with E-state index in [-0.39, 0.29) is 0 Å². The van der Waals surface area contributed by atoms with E-state index in [1.807, 2.05) is 25.1 Å². The van der Waals surface area contributed by atoms with Crippen LogP contribution in [0.1, 0.15) is 0 Å². The molecule has 18 heavy (non-hydrogen) atoms. The van der Waals surface area contributed by atoms with Gasteiger partial charge in [-0.1, -0.05) is 6.07 Å². The van der Waals surface area contributed by atoms with Crippen LogP contribution in [0.15, 0.2) is 24.3 Å². The van der Waals surface area contributed by atoms with Gasteiger partial charge in [0.2, 0.25) is 0 Å². The highest BCUT2D eigenvalue weighted by Gasteiger charge is 2.27. The van der Waals surface area contributed by atoms with Gasteiger partial charge < -0.3 is 15.5 Å². The van der Waals surface area contributed by atoms with E-state index >= 15 is 0 Å². The lowest BCUT2D eigenvalue weighted by Gasteiger charge is -2.14. The number of anilines is 2. The molecule has 0 aliphatic carbocycles. The second-order valence-electron chi connectivity index (χ2n) is 3.87. The van der Waals surface area contributed by atoms with Crippen molar-refractivity contribution in [3.8, 4) is 0 Å². The Morgan fingerprint density at radius 1 is 1.33 bits per heavy atom. The monoisotopic (exact) mass is 261 g/mol. The van der Waals surface area contributed by atoms with Crippen LogP contribution >= 0.6 is 0 Å². The van der Waals surface area contributed by atoms with Crippen molar-refractivity contribution in [3.63, 3.8) is 0 Å². The molecule has 0 bridgehead atoms.